The molecule has 0 radical (unpaired) electrons. The van der Waals surface area contributed by atoms with E-state index in [1.165, 1.54) is 4.88 Å². The fourth-order valence-electron chi connectivity index (χ4n) is 4.85. The van der Waals surface area contributed by atoms with Crippen LogP contribution in [0.25, 0.3) is 11.6 Å². The fraction of sp³-hybridized carbons (Fsp3) is 0.484. The third-order valence-corrected chi connectivity index (χ3v) is 8.58. The molecule has 0 saturated heterocycles. The van der Waals surface area contributed by atoms with E-state index >= 15 is 0 Å². The smallest absolute Gasteiger partial charge is 0.309 e. The van der Waals surface area contributed by atoms with E-state index in [0.717, 1.165) is 27.8 Å². The first-order chi connectivity index (χ1) is 17.3. The number of ether oxygens (including phenoxy) is 1. The molecule has 0 fully saturated rings. The molecule has 200 valence electrons. The Morgan fingerprint density at radius 2 is 1.81 bits per heavy atom. The third kappa shape index (κ3) is 6.86. The second kappa shape index (κ2) is 11.9. The van der Waals surface area contributed by atoms with E-state index in [1.54, 1.807) is 32.1 Å². The van der Waals surface area contributed by atoms with Crippen molar-refractivity contribution in [2.75, 3.05) is 0 Å². The van der Waals surface area contributed by atoms with Crippen LogP contribution in [-0.4, -0.2) is 40.3 Å². The molecule has 2 aromatic rings. The highest BCUT2D eigenvalue weighted by Gasteiger charge is 2.42. The van der Waals surface area contributed by atoms with Crippen LogP contribution in [0, 0.1) is 18.3 Å². The summed E-state index contributed by atoms with van der Waals surface area (Å²) in [4.78, 5) is 27.6. The highest BCUT2D eigenvalue weighted by atomic mass is 32.1. The minimum Gasteiger partial charge on any atom is -0.457 e. The van der Waals surface area contributed by atoms with E-state index < -0.39 is 35.6 Å². The number of rotatable bonds is 2. The molecule has 6 heteroatoms. The van der Waals surface area contributed by atoms with Crippen LogP contribution in [0.5, 0.6) is 0 Å². The average Bonchev–Trinajstić information content (AvgIpc) is 3.27. The van der Waals surface area contributed by atoms with E-state index in [9.17, 15) is 19.8 Å². The molecule has 1 aliphatic rings. The van der Waals surface area contributed by atoms with Gasteiger partial charge in [-0.1, -0.05) is 64.1 Å². The number of aliphatic hydroxyl groups is 2. The van der Waals surface area contributed by atoms with Gasteiger partial charge in [0.1, 0.15) is 11.9 Å². The second-order valence-electron chi connectivity index (χ2n) is 11.0. The standard InChI is InChI=1S/C31H40O5S/c1-18-11-12-26(19(2)13-23-14-20(3)37-17-23)36-28(33)16-27(32)31(6,7)30(35)22(5)29(34)21(4)25-10-8-9-24(18)15-25/h8-11,13-15,17,21-22,26-27,29,32,34H,12,16H2,1-7H3/b18-11-,19-13+/t21-,22+,26-,27-,29-/m0/s1. The maximum absolute atomic E-state index is 13.4. The van der Waals surface area contributed by atoms with Crippen LogP contribution in [0.15, 0.2) is 47.4 Å². The SMILES string of the molecule is C/C1=C/C[C@@H](/C(C)=C/c2csc(C)c2)OC(=O)C[C@H](O)C(C)(C)C(=O)[C@H](C)[C@@H](O)[C@@H](C)c2cccc1c2. The quantitative estimate of drug-likeness (QED) is 0.449. The van der Waals surface area contributed by atoms with Crippen LogP contribution in [0.2, 0.25) is 0 Å². The van der Waals surface area contributed by atoms with Crippen molar-refractivity contribution < 1.29 is 24.5 Å². The summed E-state index contributed by atoms with van der Waals surface area (Å²) in [6.45, 7) is 12.9. The molecule has 0 saturated carbocycles. The molecular weight excluding hydrogens is 484 g/mol. The minimum atomic E-state index is -1.24. The number of aryl methyl sites for hydroxylation is 1. The number of hydrogen-bond donors (Lipinski definition) is 2. The molecule has 0 amide bonds. The molecule has 1 aromatic heterocycles. The minimum absolute atomic E-state index is 0.285. The number of carbonyl (C=O) groups is 2. The van der Waals surface area contributed by atoms with Gasteiger partial charge in [0.15, 0.2) is 0 Å². The summed E-state index contributed by atoms with van der Waals surface area (Å²) < 4.78 is 5.89. The molecule has 3 rings (SSSR count). The van der Waals surface area contributed by atoms with E-state index in [4.69, 9.17) is 4.74 Å². The number of Topliss-reactive ketones (excluding diaryl/α,β-unsaturated/α-hetero) is 1. The Labute approximate surface area is 224 Å². The first-order valence-electron chi connectivity index (χ1n) is 12.9. The van der Waals surface area contributed by atoms with Crippen molar-refractivity contribution in [3.05, 3.63) is 68.9 Å². The molecule has 5 nitrogen and oxygen atoms in total. The van der Waals surface area contributed by atoms with Crippen LogP contribution in [-0.2, 0) is 14.3 Å². The van der Waals surface area contributed by atoms with Gasteiger partial charge in [0, 0.05) is 23.1 Å². The second-order valence-corrected chi connectivity index (χ2v) is 12.1. The normalized spacial score (nSPS) is 29.4. The molecular formula is C31H40O5S. The maximum Gasteiger partial charge on any atom is 0.309 e. The van der Waals surface area contributed by atoms with Gasteiger partial charge in [0.05, 0.1) is 24.0 Å². The number of esters is 1. The number of allylic oxidation sites excluding steroid dienone is 1. The number of aliphatic hydroxyl groups excluding tert-OH is 2. The molecule has 2 N–H and O–H groups in total. The van der Waals surface area contributed by atoms with Crippen LogP contribution < -0.4 is 0 Å². The first-order valence-corrected chi connectivity index (χ1v) is 13.8. The molecule has 0 aliphatic carbocycles. The van der Waals surface area contributed by atoms with E-state index in [0.29, 0.717) is 6.42 Å². The van der Waals surface area contributed by atoms with Gasteiger partial charge in [-0.05, 0) is 60.1 Å². The van der Waals surface area contributed by atoms with Gasteiger partial charge in [-0.15, -0.1) is 11.3 Å². The van der Waals surface area contributed by atoms with E-state index in [2.05, 4.69) is 24.4 Å². The van der Waals surface area contributed by atoms with Crippen molar-refractivity contribution in [2.45, 2.75) is 85.5 Å². The Morgan fingerprint density at radius 3 is 2.46 bits per heavy atom. The largest absolute Gasteiger partial charge is 0.457 e. The zero-order chi connectivity index (χ0) is 27.5. The van der Waals surface area contributed by atoms with Crippen molar-refractivity contribution in [1.29, 1.82) is 0 Å². The number of cyclic esters (lactones) is 1. The lowest BCUT2D eigenvalue weighted by Gasteiger charge is -2.34. The van der Waals surface area contributed by atoms with Crippen molar-refractivity contribution in [1.82, 2.24) is 0 Å². The molecule has 2 bridgehead atoms. The first kappa shape index (κ1) is 29.0. The van der Waals surface area contributed by atoms with Crippen molar-refractivity contribution in [3.8, 4) is 0 Å². The Morgan fingerprint density at radius 1 is 1.11 bits per heavy atom. The van der Waals surface area contributed by atoms with Gasteiger partial charge in [-0.25, -0.2) is 0 Å². The van der Waals surface area contributed by atoms with Crippen LogP contribution in [0.3, 0.4) is 0 Å². The molecule has 0 spiro atoms. The van der Waals surface area contributed by atoms with Gasteiger partial charge in [-0.2, -0.15) is 0 Å². The van der Waals surface area contributed by atoms with Gasteiger partial charge in [0.25, 0.3) is 0 Å². The Kier molecular flexibility index (Phi) is 9.32. The summed E-state index contributed by atoms with van der Waals surface area (Å²) in [7, 11) is 0. The number of hydrogen-bond acceptors (Lipinski definition) is 6. The van der Waals surface area contributed by atoms with Crippen molar-refractivity contribution >= 4 is 34.7 Å². The fourth-order valence-corrected chi connectivity index (χ4v) is 5.51. The van der Waals surface area contributed by atoms with Gasteiger partial charge in [-0.3, -0.25) is 9.59 Å². The lowest BCUT2D eigenvalue weighted by atomic mass is 9.72. The van der Waals surface area contributed by atoms with E-state index in [1.807, 2.05) is 51.1 Å². The Hall–Kier alpha value is -2.54. The lowest BCUT2D eigenvalue weighted by Crippen LogP contribution is -2.45. The third-order valence-electron chi connectivity index (χ3n) is 7.70. The predicted octanol–water partition coefficient (Wildman–Crippen LogP) is 6.33. The zero-order valence-corrected chi connectivity index (χ0v) is 23.8. The van der Waals surface area contributed by atoms with Crippen molar-refractivity contribution in [2.24, 2.45) is 11.3 Å². The van der Waals surface area contributed by atoms with Gasteiger partial charge >= 0.3 is 5.97 Å². The Bertz CT molecular complexity index is 1190. The number of ketones is 1. The summed E-state index contributed by atoms with van der Waals surface area (Å²) in [5.74, 6) is -1.86. The van der Waals surface area contributed by atoms with Gasteiger partial charge < -0.3 is 14.9 Å². The van der Waals surface area contributed by atoms with Crippen LogP contribution in [0.4, 0.5) is 0 Å². The average molecular weight is 525 g/mol. The highest BCUT2D eigenvalue weighted by molar-refractivity contribution is 7.10. The summed E-state index contributed by atoms with van der Waals surface area (Å²) >= 11 is 1.66. The molecule has 5 atom stereocenters. The number of carbonyl (C=O) groups excluding carboxylic acids is 2. The molecule has 1 aromatic carbocycles. The number of benzene rings is 1. The summed E-state index contributed by atoms with van der Waals surface area (Å²) in [6.07, 6.45) is 1.57. The monoisotopic (exact) mass is 524 g/mol. The molecule has 1 aliphatic heterocycles. The summed E-state index contributed by atoms with van der Waals surface area (Å²) in [6, 6.07) is 10.1. The molecule has 0 unspecified atom stereocenters. The summed E-state index contributed by atoms with van der Waals surface area (Å²) in [5.41, 5.74) is 3.71. The molecule has 37 heavy (non-hydrogen) atoms. The maximum atomic E-state index is 13.4. The number of thiophene rings is 1. The van der Waals surface area contributed by atoms with Crippen molar-refractivity contribution in [3.63, 3.8) is 0 Å². The number of fused-ring (bicyclic) bond motifs is 2. The summed E-state index contributed by atoms with van der Waals surface area (Å²) in [5, 5.41) is 24.1. The van der Waals surface area contributed by atoms with E-state index in [-0.39, 0.29) is 18.1 Å². The predicted molar refractivity (Wildman–Crippen MR) is 150 cm³/mol. The zero-order valence-electron chi connectivity index (χ0n) is 22.9. The molecule has 2 heterocycles. The topological polar surface area (TPSA) is 83.8 Å². The van der Waals surface area contributed by atoms with Gasteiger partial charge in [0.2, 0.25) is 0 Å². The van der Waals surface area contributed by atoms with Crippen LogP contribution in [0.1, 0.15) is 81.9 Å². The Balaban J connectivity index is 2.04. The highest BCUT2D eigenvalue weighted by Crippen LogP contribution is 2.34. The van der Waals surface area contributed by atoms with Crippen LogP contribution >= 0.6 is 11.3 Å². The lowest BCUT2D eigenvalue weighted by molar-refractivity contribution is -0.153.